The van der Waals surface area contributed by atoms with Gasteiger partial charge in [-0.1, -0.05) is 37.1 Å². The van der Waals surface area contributed by atoms with E-state index in [2.05, 4.69) is 98.1 Å². The van der Waals surface area contributed by atoms with E-state index in [9.17, 15) is 0 Å². The summed E-state index contributed by atoms with van der Waals surface area (Å²) in [5.41, 5.74) is 6.75. The fourth-order valence-electron chi connectivity index (χ4n) is 4.66. The Kier molecular flexibility index (Phi) is 11.2. The van der Waals surface area contributed by atoms with E-state index in [0.717, 1.165) is 57.7 Å². The first-order valence-corrected chi connectivity index (χ1v) is 14.1. The molecule has 3 rings (SSSR count). The number of rotatable bonds is 11. The van der Waals surface area contributed by atoms with Crippen molar-refractivity contribution in [3.8, 4) is 12.1 Å². The molecule has 0 aromatic rings. The van der Waals surface area contributed by atoms with Crippen molar-refractivity contribution in [3.63, 3.8) is 0 Å². The lowest BCUT2D eigenvalue weighted by molar-refractivity contribution is 0.0303. The summed E-state index contributed by atoms with van der Waals surface area (Å²) in [6, 6.07) is 6.01. The molecule has 0 saturated carbocycles. The van der Waals surface area contributed by atoms with Gasteiger partial charge in [-0.3, -0.25) is 9.89 Å². The van der Waals surface area contributed by atoms with Gasteiger partial charge in [0.25, 0.3) is 0 Å². The van der Waals surface area contributed by atoms with Gasteiger partial charge >= 0.3 is 0 Å². The molecule has 0 aromatic carbocycles. The molecule has 7 nitrogen and oxygen atoms in total. The molecule has 0 amide bonds. The van der Waals surface area contributed by atoms with Gasteiger partial charge < -0.3 is 4.74 Å². The normalized spacial score (nSPS) is 26.9. The van der Waals surface area contributed by atoms with Crippen molar-refractivity contribution in [2.45, 2.75) is 64.0 Å². The summed E-state index contributed by atoms with van der Waals surface area (Å²) in [7, 11) is 0. The highest BCUT2D eigenvalue weighted by molar-refractivity contribution is 8.01. The van der Waals surface area contributed by atoms with Gasteiger partial charge in [0.15, 0.2) is 0 Å². The SMILES string of the molecule is C=N/C=C\C(=C/C)C1(C)CC(CN2CCOCC2)C(N=C(N/N=C/C(C=C(C)C)=C/CCC)N2C#C2)S1. The van der Waals surface area contributed by atoms with E-state index in [0.29, 0.717) is 11.9 Å². The molecule has 3 atom stereocenters. The number of hydrogen-bond acceptors (Lipinski definition) is 6. The first-order chi connectivity index (χ1) is 17.9. The quantitative estimate of drug-likeness (QED) is 0.133. The van der Waals surface area contributed by atoms with Crippen molar-refractivity contribution in [1.82, 2.24) is 15.2 Å². The topological polar surface area (TPSA) is 64.6 Å². The molecule has 200 valence electrons. The number of unbranched alkanes of at least 4 members (excludes halogenated alkanes) is 1. The van der Waals surface area contributed by atoms with Gasteiger partial charge in [-0.25, -0.2) is 10.4 Å². The Hall–Kier alpha value is -2.60. The molecule has 0 radical (unpaired) electrons. The first kappa shape index (κ1) is 29.0. The summed E-state index contributed by atoms with van der Waals surface area (Å²) in [4.78, 5) is 13.4. The first-order valence-electron chi connectivity index (χ1n) is 13.2. The van der Waals surface area contributed by atoms with E-state index in [1.165, 1.54) is 11.1 Å². The molecule has 2 saturated heterocycles. The third kappa shape index (κ3) is 9.03. The number of ether oxygens (including phenoxy) is 1. The van der Waals surface area contributed by atoms with Crippen molar-refractivity contribution >= 4 is 30.7 Å². The van der Waals surface area contributed by atoms with E-state index >= 15 is 0 Å². The van der Waals surface area contributed by atoms with Gasteiger partial charge in [-0.2, -0.15) is 10.0 Å². The third-order valence-electron chi connectivity index (χ3n) is 6.50. The highest BCUT2D eigenvalue weighted by Crippen LogP contribution is 2.52. The zero-order chi connectivity index (χ0) is 26.7. The molecule has 8 heteroatoms. The molecule has 2 fully saturated rings. The van der Waals surface area contributed by atoms with Crippen LogP contribution in [0.5, 0.6) is 0 Å². The number of guanidine groups is 1. The Balaban J connectivity index is 1.82. The van der Waals surface area contributed by atoms with Crippen LogP contribution in [0.15, 0.2) is 62.3 Å². The van der Waals surface area contributed by atoms with Crippen LogP contribution >= 0.6 is 11.8 Å². The Labute approximate surface area is 227 Å². The van der Waals surface area contributed by atoms with E-state index in [4.69, 9.17) is 9.73 Å². The maximum Gasteiger partial charge on any atom is 0.240 e. The molecule has 0 aliphatic carbocycles. The summed E-state index contributed by atoms with van der Waals surface area (Å²) in [5, 5.41) is 4.59. The summed E-state index contributed by atoms with van der Waals surface area (Å²) < 4.78 is 5.51. The monoisotopic (exact) mass is 522 g/mol. The van der Waals surface area contributed by atoms with Crippen LogP contribution in [0, 0.1) is 18.0 Å². The molecule has 0 aromatic heterocycles. The second kappa shape index (κ2) is 14.4. The molecule has 0 spiro atoms. The number of allylic oxidation sites excluding steroid dienone is 6. The van der Waals surface area contributed by atoms with Crippen LogP contribution in [0.3, 0.4) is 0 Å². The molecule has 3 heterocycles. The lowest BCUT2D eigenvalue weighted by Gasteiger charge is -2.30. The van der Waals surface area contributed by atoms with Crippen LogP contribution in [-0.2, 0) is 4.74 Å². The van der Waals surface area contributed by atoms with Gasteiger partial charge in [0.05, 0.1) is 31.5 Å². The number of nitrogens with one attached hydrogen (secondary N) is 1. The molecule has 3 aliphatic heterocycles. The van der Waals surface area contributed by atoms with Crippen LogP contribution in [0.25, 0.3) is 0 Å². The van der Waals surface area contributed by atoms with Crippen LogP contribution in [-0.4, -0.2) is 71.7 Å². The maximum absolute atomic E-state index is 5.58. The van der Waals surface area contributed by atoms with Crippen molar-refractivity contribution in [3.05, 3.63) is 47.2 Å². The number of aliphatic imine (C=N–C) groups is 2. The standard InChI is InChI=1S/C29H42N6OS/c1-7-9-10-24(19-23(3)4)21-31-33-28(35-13-14-35)32-27-25(22-34-15-17-36-18-16-34)20-29(5,37-27)26(8-2)11-12-30-6/h8,10-12,19,21,25,27H,6-7,9,15-18,20,22H2,1-5H3,(H,32,33)/b12-11-,24-10+,26-8+,31-21+. The highest BCUT2D eigenvalue weighted by Gasteiger charge is 2.45. The van der Waals surface area contributed by atoms with E-state index in [1.807, 2.05) is 18.0 Å². The predicted molar refractivity (Wildman–Crippen MR) is 159 cm³/mol. The van der Waals surface area contributed by atoms with Crippen molar-refractivity contribution in [2.75, 3.05) is 32.8 Å². The van der Waals surface area contributed by atoms with Crippen LogP contribution < -0.4 is 5.43 Å². The fourth-order valence-corrected chi connectivity index (χ4v) is 6.35. The molecule has 3 unspecified atom stereocenters. The smallest absolute Gasteiger partial charge is 0.240 e. The molecule has 0 bridgehead atoms. The molecule has 37 heavy (non-hydrogen) atoms. The number of hydrazone groups is 1. The number of thioether (sulfide) groups is 1. The summed E-state index contributed by atoms with van der Waals surface area (Å²) >= 11 is 1.90. The predicted octanol–water partition coefficient (Wildman–Crippen LogP) is 5.18. The summed E-state index contributed by atoms with van der Waals surface area (Å²) in [6.45, 7) is 18.9. The highest BCUT2D eigenvalue weighted by atomic mass is 32.2. The zero-order valence-corrected chi connectivity index (χ0v) is 23.9. The van der Waals surface area contributed by atoms with Gasteiger partial charge in [0.2, 0.25) is 5.96 Å². The Bertz CT molecular complexity index is 1030. The van der Waals surface area contributed by atoms with Gasteiger partial charge in [-0.05, 0) is 64.5 Å². The third-order valence-corrected chi connectivity index (χ3v) is 8.15. The van der Waals surface area contributed by atoms with Gasteiger partial charge in [0.1, 0.15) is 5.37 Å². The number of nitrogens with zero attached hydrogens (tertiary/aromatic N) is 5. The Morgan fingerprint density at radius 2 is 2.03 bits per heavy atom. The molecule has 1 N–H and O–H groups in total. The van der Waals surface area contributed by atoms with E-state index in [-0.39, 0.29) is 10.1 Å². The van der Waals surface area contributed by atoms with Gasteiger partial charge in [-0.15, -0.1) is 11.8 Å². The van der Waals surface area contributed by atoms with E-state index in [1.54, 1.807) is 11.1 Å². The largest absolute Gasteiger partial charge is 0.379 e. The van der Waals surface area contributed by atoms with Gasteiger partial charge in [0, 0.05) is 36.5 Å². The van der Waals surface area contributed by atoms with Crippen LogP contribution in [0.1, 0.15) is 53.9 Å². The summed E-state index contributed by atoms with van der Waals surface area (Å²) in [5.74, 6) is 1.03. The van der Waals surface area contributed by atoms with Crippen molar-refractivity contribution in [2.24, 2.45) is 21.0 Å². The average molecular weight is 523 g/mol. The van der Waals surface area contributed by atoms with Crippen LogP contribution in [0.4, 0.5) is 0 Å². The second-order valence-corrected chi connectivity index (χ2v) is 11.6. The number of morpholine rings is 1. The van der Waals surface area contributed by atoms with Crippen LogP contribution in [0.2, 0.25) is 0 Å². The zero-order valence-electron chi connectivity index (χ0n) is 23.0. The van der Waals surface area contributed by atoms with Crippen molar-refractivity contribution in [1.29, 1.82) is 0 Å². The minimum atomic E-state index is -0.0747. The Morgan fingerprint density at radius 3 is 2.65 bits per heavy atom. The number of hydrogen-bond donors (Lipinski definition) is 1. The van der Waals surface area contributed by atoms with Crippen molar-refractivity contribution < 1.29 is 4.74 Å². The maximum atomic E-state index is 5.58. The Morgan fingerprint density at radius 1 is 1.27 bits per heavy atom. The fraction of sp³-hybridized carbons (Fsp3) is 0.552. The average Bonchev–Trinajstić information content (AvgIpc) is 3.67. The minimum absolute atomic E-state index is 0.0580. The lowest BCUT2D eigenvalue weighted by atomic mass is 9.89. The minimum Gasteiger partial charge on any atom is -0.379 e. The lowest BCUT2D eigenvalue weighted by Crippen LogP contribution is -2.41. The molecular formula is C29H42N6OS. The molecule has 3 aliphatic rings. The summed E-state index contributed by atoms with van der Waals surface area (Å²) in [6.07, 6.45) is 15.4. The molecular weight excluding hydrogens is 480 g/mol. The second-order valence-electron chi connectivity index (χ2n) is 9.95. The van der Waals surface area contributed by atoms with E-state index < -0.39 is 0 Å².